The summed E-state index contributed by atoms with van der Waals surface area (Å²) in [4.78, 5) is 4.32. The van der Waals surface area contributed by atoms with Crippen LogP contribution in [0.1, 0.15) is 18.4 Å². The number of nitrogens with zero attached hydrogens (tertiary/aromatic N) is 1. The summed E-state index contributed by atoms with van der Waals surface area (Å²) in [6, 6.07) is 10.2. The Bertz CT molecular complexity index is 434. The van der Waals surface area contributed by atoms with Crippen molar-refractivity contribution in [2.45, 2.75) is 12.8 Å². The summed E-state index contributed by atoms with van der Waals surface area (Å²) >= 11 is 5.87. The Labute approximate surface area is 88.7 Å². The number of benzene rings is 1. The highest BCUT2D eigenvalue weighted by Gasteiger charge is 2.07. The molecule has 0 N–H and O–H groups in total. The predicted molar refractivity (Wildman–Crippen MR) is 60.9 cm³/mol. The Morgan fingerprint density at radius 1 is 1.29 bits per heavy atom. The molecule has 1 nitrogen and oxygen atoms in total. The second kappa shape index (κ2) is 3.97. The topological polar surface area (TPSA) is 12.9 Å². The van der Waals surface area contributed by atoms with Crippen molar-refractivity contribution in [1.82, 2.24) is 4.98 Å². The average Bonchev–Trinajstić information content (AvgIpc) is 2.27. The van der Waals surface area contributed by atoms with Crippen LogP contribution in [0.3, 0.4) is 0 Å². The van der Waals surface area contributed by atoms with Crippen molar-refractivity contribution in [3.63, 3.8) is 0 Å². The van der Waals surface area contributed by atoms with Gasteiger partial charge in [0.1, 0.15) is 0 Å². The molecule has 0 spiro atoms. The number of halogens is 1. The second-order valence-corrected chi connectivity index (χ2v) is 3.78. The molecule has 0 aliphatic carbocycles. The molecular weight excluding hydrogens is 194 g/mol. The molecule has 0 bridgehead atoms. The van der Waals surface area contributed by atoms with Gasteiger partial charge in [0.05, 0.1) is 5.52 Å². The van der Waals surface area contributed by atoms with Gasteiger partial charge in [-0.1, -0.05) is 25.1 Å². The Kier molecular flexibility index (Phi) is 2.69. The van der Waals surface area contributed by atoms with E-state index in [1.807, 2.05) is 24.4 Å². The molecule has 1 atom stereocenters. The van der Waals surface area contributed by atoms with E-state index in [4.69, 9.17) is 11.6 Å². The largest absolute Gasteiger partial charge is 0.256 e. The Hall–Kier alpha value is -1.08. The maximum Gasteiger partial charge on any atom is 0.0704 e. The molecule has 0 aliphatic heterocycles. The zero-order valence-corrected chi connectivity index (χ0v) is 8.83. The quantitative estimate of drug-likeness (QED) is 0.683. The standard InChI is InChI=1S/C12H12ClN/c1-9(8-13)10-6-7-14-12-5-3-2-4-11(10)12/h2-7,9H,8H2,1H3. The van der Waals surface area contributed by atoms with Crippen molar-refractivity contribution in [2.75, 3.05) is 5.88 Å². The van der Waals surface area contributed by atoms with Gasteiger partial charge in [-0.05, 0) is 23.6 Å². The van der Waals surface area contributed by atoms with E-state index in [1.54, 1.807) is 0 Å². The van der Waals surface area contributed by atoms with Crippen LogP contribution >= 0.6 is 11.6 Å². The summed E-state index contributed by atoms with van der Waals surface area (Å²) in [7, 11) is 0. The zero-order chi connectivity index (χ0) is 9.97. The minimum Gasteiger partial charge on any atom is -0.256 e. The lowest BCUT2D eigenvalue weighted by Gasteiger charge is -2.10. The number of para-hydroxylation sites is 1. The molecule has 14 heavy (non-hydrogen) atoms. The molecule has 1 aromatic heterocycles. The lowest BCUT2D eigenvalue weighted by molar-refractivity contribution is 0.883. The molecule has 0 saturated heterocycles. The average molecular weight is 206 g/mol. The van der Waals surface area contributed by atoms with E-state index >= 15 is 0 Å². The fraction of sp³-hybridized carbons (Fsp3) is 0.250. The molecule has 1 unspecified atom stereocenters. The van der Waals surface area contributed by atoms with Gasteiger partial charge < -0.3 is 0 Å². The molecule has 1 aromatic carbocycles. The molecule has 0 fully saturated rings. The summed E-state index contributed by atoms with van der Waals surface area (Å²) in [6.45, 7) is 2.13. The van der Waals surface area contributed by atoms with Crippen LogP contribution in [0.5, 0.6) is 0 Å². The first kappa shape index (κ1) is 9.47. The Morgan fingerprint density at radius 2 is 2.07 bits per heavy atom. The summed E-state index contributed by atoms with van der Waals surface area (Å²) in [5.41, 5.74) is 2.33. The van der Waals surface area contributed by atoms with Crippen LogP contribution in [0.2, 0.25) is 0 Å². The maximum atomic E-state index is 5.87. The lowest BCUT2D eigenvalue weighted by atomic mass is 9.99. The molecule has 2 heteroatoms. The van der Waals surface area contributed by atoms with Gasteiger partial charge in [-0.3, -0.25) is 4.98 Å². The molecule has 0 radical (unpaired) electrons. The van der Waals surface area contributed by atoms with E-state index in [1.165, 1.54) is 10.9 Å². The number of pyridine rings is 1. The van der Waals surface area contributed by atoms with Gasteiger partial charge in [-0.2, -0.15) is 0 Å². The number of rotatable bonds is 2. The third kappa shape index (κ3) is 1.60. The lowest BCUT2D eigenvalue weighted by Crippen LogP contribution is -1.96. The van der Waals surface area contributed by atoms with Crippen molar-refractivity contribution in [2.24, 2.45) is 0 Å². The fourth-order valence-corrected chi connectivity index (χ4v) is 1.80. The first-order valence-electron chi connectivity index (χ1n) is 4.72. The van der Waals surface area contributed by atoms with Crippen molar-refractivity contribution in [1.29, 1.82) is 0 Å². The van der Waals surface area contributed by atoms with Gasteiger partial charge in [0, 0.05) is 17.5 Å². The van der Waals surface area contributed by atoms with E-state index in [0.29, 0.717) is 11.8 Å². The number of hydrogen-bond acceptors (Lipinski definition) is 1. The summed E-state index contributed by atoms with van der Waals surface area (Å²) in [6.07, 6.45) is 1.85. The minimum atomic E-state index is 0.379. The second-order valence-electron chi connectivity index (χ2n) is 3.47. The van der Waals surface area contributed by atoms with Crippen molar-refractivity contribution in [3.05, 3.63) is 42.1 Å². The van der Waals surface area contributed by atoms with Gasteiger partial charge in [0.15, 0.2) is 0 Å². The normalized spacial score (nSPS) is 13.0. The third-order valence-electron chi connectivity index (χ3n) is 2.45. The minimum absolute atomic E-state index is 0.379. The SMILES string of the molecule is CC(CCl)c1ccnc2ccccc12. The molecule has 2 rings (SSSR count). The molecule has 0 aliphatic rings. The molecule has 2 aromatic rings. The van der Waals surface area contributed by atoms with Gasteiger partial charge in [-0.25, -0.2) is 0 Å². The summed E-state index contributed by atoms with van der Waals surface area (Å²) in [5, 5.41) is 1.21. The molecule has 0 saturated carbocycles. The molecule has 72 valence electrons. The number of alkyl halides is 1. The van der Waals surface area contributed by atoms with Crippen LogP contribution in [0.4, 0.5) is 0 Å². The smallest absolute Gasteiger partial charge is 0.0704 e. The van der Waals surface area contributed by atoms with Gasteiger partial charge in [0.2, 0.25) is 0 Å². The van der Waals surface area contributed by atoms with Crippen molar-refractivity contribution < 1.29 is 0 Å². The fourth-order valence-electron chi connectivity index (χ4n) is 1.63. The maximum absolute atomic E-state index is 5.87. The van der Waals surface area contributed by atoms with E-state index in [0.717, 1.165) is 5.52 Å². The van der Waals surface area contributed by atoms with E-state index in [9.17, 15) is 0 Å². The van der Waals surface area contributed by atoms with Gasteiger partial charge in [0.25, 0.3) is 0 Å². The number of hydrogen-bond donors (Lipinski definition) is 0. The summed E-state index contributed by atoms with van der Waals surface area (Å²) in [5.74, 6) is 1.03. The highest BCUT2D eigenvalue weighted by atomic mass is 35.5. The Morgan fingerprint density at radius 3 is 2.86 bits per heavy atom. The van der Waals surface area contributed by atoms with Crippen LogP contribution in [0, 0.1) is 0 Å². The van der Waals surface area contributed by atoms with E-state index in [-0.39, 0.29) is 0 Å². The van der Waals surface area contributed by atoms with Gasteiger partial charge >= 0.3 is 0 Å². The van der Waals surface area contributed by atoms with Crippen LogP contribution in [-0.4, -0.2) is 10.9 Å². The van der Waals surface area contributed by atoms with E-state index in [2.05, 4.69) is 24.0 Å². The van der Waals surface area contributed by atoms with Gasteiger partial charge in [-0.15, -0.1) is 11.6 Å². The first-order valence-corrected chi connectivity index (χ1v) is 5.26. The summed E-state index contributed by atoms with van der Waals surface area (Å²) < 4.78 is 0. The highest BCUT2D eigenvalue weighted by Crippen LogP contribution is 2.24. The number of aromatic nitrogens is 1. The van der Waals surface area contributed by atoms with Crippen LogP contribution in [0.15, 0.2) is 36.5 Å². The zero-order valence-electron chi connectivity index (χ0n) is 8.07. The third-order valence-corrected chi connectivity index (χ3v) is 2.91. The predicted octanol–water partition coefficient (Wildman–Crippen LogP) is 3.58. The van der Waals surface area contributed by atoms with E-state index < -0.39 is 0 Å². The monoisotopic (exact) mass is 205 g/mol. The van der Waals surface area contributed by atoms with Crippen molar-refractivity contribution in [3.8, 4) is 0 Å². The first-order chi connectivity index (χ1) is 6.83. The highest BCUT2D eigenvalue weighted by molar-refractivity contribution is 6.18. The molecule has 1 heterocycles. The Balaban J connectivity index is 2.65. The number of fused-ring (bicyclic) bond motifs is 1. The van der Waals surface area contributed by atoms with Crippen LogP contribution < -0.4 is 0 Å². The van der Waals surface area contributed by atoms with Crippen LogP contribution in [0.25, 0.3) is 10.9 Å². The molecular formula is C12H12ClN. The van der Waals surface area contributed by atoms with Crippen molar-refractivity contribution >= 4 is 22.5 Å². The molecule has 0 amide bonds. The van der Waals surface area contributed by atoms with Crippen LogP contribution in [-0.2, 0) is 0 Å².